The van der Waals surface area contributed by atoms with Crippen molar-refractivity contribution in [2.45, 2.75) is 39.4 Å². The highest BCUT2D eigenvalue weighted by Crippen LogP contribution is 2.41. The first-order chi connectivity index (χ1) is 16.0. The van der Waals surface area contributed by atoms with Crippen LogP contribution in [0.2, 0.25) is 0 Å². The maximum absolute atomic E-state index is 14.2. The van der Waals surface area contributed by atoms with Gasteiger partial charge in [0.25, 0.3) is 5.91 Å². The number of alkyl halides is 3. The minimum Gasteiger partial charge on any atom is -0.465 e. The molecule has 1 unspecified atom stereocenters. The van der Waals surface area contributed by atoms with E-state index in [0.29, 0.717) is 11.1 Å². The summed E-state index contributed by atoms with van der Waals surface area (Å²) in [6.07, 6.45) is -4.74. The van der Waals surface area contributed by atoms with Crippen LogP contribution in [0.3, 0.4) is 0 Å². The lowest BCUT2D eigenvalue weighted by atomic mass is 9.99. The number of aromatic nitrogens is 2. The minimum atomic E-state index is -4.85. The molecule has 34 heavy (non-hydrogen) atoms. The van der Waals surface area contributed by atoms with E-state index < -0.39 is 35.5 Å². The van der Waals surface area contributed by atoms with Crippen LogP contribution in [0.5, 0.6) is 0 Å². The highest BCUT2D eigenvalue weighted by atomic mass is 19.4. The molecule has 2 aromatic carbocycles. The van der Waals surface area contributed by atoms with Crippen molar-refractivity contribution in [2.75, 3.05) is 16.3 Å². The molecular formula is C24H23F3N4O3. The molecular weight excluding hydrogens is 449 g/mol. The normalized spacial score (nSPS) is 15.9. The number of hydrogen-bond donors (Lipinski definition) is 1. The van der Waals surface area contributed by atoms with Crippen LogP contribution in [0.15, 0.2) is 48.7 Å². The van der Waals surface area contributed by atoms with Gasteiger partial charge in [0.05, 0.1) is 34.9 Å². The zero-order chi connectivity index (χ0) is 24.8. The molecule has 1 N–H and O–H groups in total. The van der Waals surface area contributed by atoms with Crippen molar-refractivity contribution < 1.29 is 27.9 Å². The standard InChI is InChI=1S/C24H23F3N4O3/c1-4-16-13-29(19-10-14(2)15(3)11-20(19)30(16)23(33)34)22(32)18-12-28-31(21(18)24(25,26)27)17-8-6-5-7-9-17/h5-12,16H,4,13H2,1-3H3,(H,33,34). The van der Waals surface area contributed by atoms with Crippen molar-refractivity contribution in [3.8, 4) is 5.69 Å². The van der Waals surface area contributed by atoms with Crippen LogP contribution in [-0.4, -0.2) is 39.5 Å². The molecule has 1 aliphatic rings. The Morgan fingerprint density at radius 2 is 1.71 bits per heavy atom. The van der Waals surface area contributed by atoms with Crippen LogP contribution in [-0.2, 0) is 6.18 Å². The smallest absolute Gasteiger partial charge is 0.434 e. The Morgan fingerprint density at radius 3 is 2.26 bits per heavy atom. The number of carbonyl (C=O) groups is 2. The van der Waals surface area contributed by atoms with E-state index in [1.54, 1.807) is 44.2 Å². The van der Waals surface area contributed by atoms with E-state index in [-0.39, 0.29) is 23.6 Å². The van der Waals surface area contributed by atoms with Crippen molar-refractivity contribution >= 4 is 23.4 Å². The molecule has 10 heteroatoms. The van der Waals surface area contributed by atoms with Crippen LogP contribution >= 0.6 is 0 Å². The van der Waals surface area contributed by atoms with Gasteiger partial charge in [-0.15, -0.1) is 0 Å². The number of rotatable bonds is 3. The van der Waals surface area contributed by atoms with Crippen molar-refractivity contribution in [3.63, 3.8) is 0 Å². The van der Waals surface area contributed by atoms with E-state index in [2.05, 4.69) is 5.10 Å². The Balaban J connectivity index is 1.88. The highest BCUT2D eigenvalue weighted by molar-refractivity contribution is 6.11. The molecule has 2 heterocycles. The predicted octanol–water partition coefficient (Wildman–Crippen LogP) is 5.43. The number of halogens is 3. The average molecular weight is 472 g/mol. The molecule has 0 spiro atoms. The quantitative estimate of drug-likeness (QED) is 0.551. The third-order valence-electron chi connectivity index (χ3n) is 6.09. The van der Waals surface area contributed by atoms with Crippen molar-refractivity contribution in [2.24, 2.45) is 0 Å². The number of aryl methyl sites for hydroxylation is 2. The maximum Gasteiger partial charge on any atom is 0.434 e. The monoisotopic (exact) mass is 472 g/mol. The summed E-state index contributed by atoms with van der Waals surface area (Å²) in [7, 11) is 0. The van der Waals surface area contributed by atoms with Gasteiger partial charge in [-0.2, -0.15) is 18.3 Å². The van der Waals surface area contributed by atoms with Gasteiger partial charge >= 0.3 is 12.3 Å². The van der Waals surface area contributed by atoms with Gasteiger partial charge in [0.1, 0.15) is 0 Å². The fourth-order valence-corrected chi connectivity index (χ4v) is 4.23. The van der Waals surface area contributed by atoms with Gasteiger partial charge < -0.3 is 10.0 Å². The molecule has 0 saturated carbocycles. The van der Waals surface area contributed by atoms with Crippen molar-refractivity contribution in [3.05, 3.63) is 71.0 Å². The second-order valence-corrected chi connectivity index (χ2v) is 8.21. The van der Waals surface area contributed by atoms with Gasteiger partial charge in [-0.3, -0.25) is 9.69 Å². The topological polar surface area (TPSA) is 78.7 Å². The molecule has 0 saturated heterocycles. The Labute approximate surface area is 194 Å². The van der Waals surface area contributed by atoms with Crippen molar-refractivity contribution in [1.82, 2.24) is 9.78 Å². The number of para-hydroxylation sites is 1. The molecule has 178 valence electrons. The molecule has 3 aromatic rings. The molecule has 4 rings (SSSR count). The first kappa shape index (κ1) is 23.3. The van der Waals surface area contributed by atoms with E-state index in [1.165, 1.54) is 21.9 Å². The van der Waals surface area contributed by atoms with E-state index in [1.807, 2.05) is 6.92 Å². The molecule has 1 aromatic heterocycles. The molecule has 0 radical (unpaired) electrons. The lowest BCUT2D eigenvalue weighted by molar-refractivity contribution is -0.143. The highest BCUT2D eigenvalue weighted by Gasteiger charge is 2.44. The lowest BCUT2D eigenvalue weighted by Gasteiger charge is -2.41. The number of nitrogens with zero attached hydrogens (tertiary/aromatic N) is 4. The van der Waals surface area contributed by atoms with Crippen LogP contribution in [0.4, 0.5) is 29.3 Å². The van der Waals surface area contributed by atoms with Crippen LogP contribution in [0, 0.1) is 13.8 Å². The third kappa shape index (κ3) is 3.89. The SMILES string of the molecule is CCC1CN(C(=O)c2cnn(-c3ccccc3)c2C(F)(F)F)c2cc(C)c(C)cc2N1C(=O)O. The Hall–Kier alpha value is -3.82. The largest absolute Gasteiger partial charge is 0.465 e. The summed E-state index contributed by atoms with van der Waals surface area (Å²) in [4.78, 5) is 28.1. The molecule has 0 aliphatic carbocycles. The van der Waals surface area contributed by atoms with Gasteiger partial charge in [-0.1, -0.05) is 25.1 Å². The summed E-state index contributed by atoms with van der Waals surface area (Å²) in [5, 5.41) is 13.7. The number of anilines is 2. The Kier molecular flexibility index (Phi) is 5.84. The number of amides is 2. The number of carbonyl (C=O) groups excluding carboxylic acids is 1. The van der Waals surface area contributed by atoms with Gasteiger partial charge in [-0.25, -0.2) is 9.48 Å². The first-order valence-electron chi connectivity index (χ1n) is 10.7. The summed E-state index contributed by atoms with van der Waals surface area (Å²) >= 11 is 0. The first-order valence-corrected chi connectivity index (χ1v) is 10.7. The summed E-state index contributed by atoms with van der Waals surface area (Å²) in [5.41, 5.74) is 0.506. The number of fused-ring (bicyclic) bond motifs is 1. The van der Waals surface area contributed by atoms with Crippen molar-refractivity contribution in [1.29, 1.82) is 0 Å². The molecule has 1 aliphatic heterocycles. The van der Waals surface area contributed by atoms with E-state index in [4.69, 9.17) is 0 Å². The minimum absolute atomic E-state index is 0.0784. The third-order valence-corrected chi connectivity index (χ3v) is 6.09. The second-order valence-electron chi connectivity index (χ2n) is 8.21. The van der Waals surface area contributed by atoms with Gasteiger partial charge in [0, 0.05) is 6.54 Å². The van der Waals surface area contributed by atoms with E-state index in [9.17, 15) is 27.9 Å². The van der Waals surface area contributed by atoms with Crippen LogP contribution in [0.25, 0.3) is 5.69 Å². The van der Waals surface area contributed by atoms with E-state index >= 15 is 0 Å². The molecule has 0 bridgehead atoms. The molecule has 7 nitrogen and oxygen atoms in total. The van der Waals surface area contributed by atoms with Crippen LogP contribution < -0.4 is 9.80 Å². The lowest BCUT2D eigenvalue weighted by Crippen LogP contribution is -2.53. The van der Waals surface area contributed by atoms with E-state index in [0.717, 1.165) is 17.3 Å². The summed E-state index contributed by atoms with van der Waals surface area (Å²) < 4.78 is 43.2. The zero-order valence-corrected chi connectivity index (χ0v) is 18.8. The Morgan fingerprint density at radius 1 is 1.09 bits per heavy atom. The fraction of sp³-hybridized carbons (Fsp3) is 0.292. The fourth-order valence-electron chi connectivity index (χ4n) is 4.23. The molecule has 1 atom stereocenters. The molecule has 2 amide bonds. The average Bonchev–Trinajstić information content (AvgIpc) is 3.25. The summed E-state index contributed by atoms with van der Waals surface area (Å²) in [5.74, 6) is -0.887. The second kappa shape index (κ2) is 8.51. The van der Waals surface area contributed by atoms with Gasteiger partial charge in [0.15, 0.2) is 5.69 Å². The number of carboxylic acid groups (broad SMARTS) is 1. The Bertz CT molecular complexity index is 1250. The maximum atomic E-state index is 14.2. The predicted molar refractivity (Wildman–Crippen MR) is 121 cm³/mol. The number of hydrogen-bond acceptors (Lipinski definition) is 3. The molecule has 0 fully saturated rings. The number of benzene rings is 2. The van der Waals surface area contributed by atoms with Crippen LogP contribution in [0.1, 0.15) is 40.5 Å². The van der Waals surface area contributed by atoms with Gasteiger partial charge in [-0.05, 0) is 55.7 Å². The van der Waals surface area contributed by atoms with Gasteiger partial charge in [0.2, 0.25) is 0 Å². The summed E-state index contributed by atoms with van der Waals surface area (Å²) in [6, 6.07) is 10.4. The summed E-state index contributed by atoms with van der Waals surface area (Å²) in [6.45, 7) is 5.29. The zero-order valence-electron chi connectivity index (χ0n) is 18.8.